The standard InChI is InChI=1S/C34H35N3O6/c1-20-14-15-22-10-6-7-11-24(22)25(20)18-37-28-13-9-8-12-27(28)36(19-26(34(37)40)21(2)32(35)38)33(39)23-16-29(41-3)31(43-5)30(17-23)42-4/h6-17,21,26H,18-19H2,1-5H3,(H2,35,38)/t21?,26-/m1/s1. The van der Waals surface area contributed by atoms with Crippen LogP contribution in [0.25, 0.3) is 10.8 Å². The van der Waals surface area contributed by atoms with Gasteiger partial charge in [0.05, 0.1) is 45.2 Å². The van der Waals surface area contributed by atoms with E-state index in [-0.39, 0.29) is 24.6 Å². The maximum absolute atomic E-state index is 14.4. The molecule has 0 fully saturated rings. The smallest absolute Gasteiger partial charge is 0.258 e. The molecule has 43 heavy (non-hydrogen) atoms. The first-order valence-electron chi connectivity index (χ1n) is 14.0. The van der Waals surface area contributed by atoms with Gasteiger partial charge < -0.3 is 29.7 Å². The summed E-state index contributed by atoms with van der Waals surface area (Å²) in [6, 6.07) is 22.5. The lowest BCUT2D eigenvalue weighted by Gasteiger charge is -2.28. The lowest BCUT2D eigenvalue weighted by atomic mass is 9.91. The number of ether oxygens (including phenoxy) is 3. The number of anilines is 2. The summed E-state index contributed by atoms with van der Waals surface area (Å²) >= 11 is 0. The highest BCUT2D eigenvalue weighted by Crippen LogP contribution is 2.41. The van der Waals surface area contributed by atoms with Crippen LogP contribution in [-0.4, -0.2) is 45.6 Å². The van der Waals surface area contributed by atoms with Crippen LogP contribution >= 0.6 is 0 Å². The van der Waals surface area contributed by atoms with Gasteiger partial charge in [-0.25, -0.2) is 0 Å². The molecule has 5 rings (SSSR count). The molecule has 0 radical (unpaired) electrons. The van der Waals surface area contributed by atoms with Crippen LogP contribution in [0.5, 0.6) is 17.2 Å². The minimum atomic E-state index is -0.897. The fourth-order valence-electron chi connectivity index (χ4n) is 5.71. The Morgan fingerprint density at radius 3 is 2.16 bits per heavy atom. The molecule has 4 aromatic carbocycles. The zero-order valence-electron chi connectivity index (χ0n) is 24.9. The predicted octanol–water partition coefficient (Wildman–Crippen LogP) is 5.11. The fourth-order valence-corrected chi connectivity index (χ4v) is 5.71. The van der Waals surface area contributed by atoms with E-state index in [1.807, 2.05) is 55.5 Å². The van der Waals surface area contributed by atoms with Gasteiger partial charge in [-0.2, -0.15) is 0 Å². The number of nitrogens with two attached hydrogens (primary N) is 1. The van der Waals surface area contributed by atoms with E-state index in [4.69, 9.17) is 19.9 Å². The number of nitrogens with zero attached hydrogens (tertiary/aromatic N) is 2. The van der Waals surface area contributed by atoms with E-state index < -0.39 is 23.7 Å². The van der Waals surface area contributed by atoms with Crippen molar-refractivity contribution in [2.75, 3.05) is 37.7 Å². The number of methoxy groups -OCH3 is 3. The van der Waals surface area contributed by atoms with Crippen molar-refractivity contribution in [1.82, 2.24) is 0 Å². The van der Waals surface area contributed by atoms with Crippen LogP contribution in [-0.2, 0) is 16.1 Å². The number of amides is 3. The SMILES string of the molecule is COc1cc(C(=O)N2C[C@H](C(C)C(N)=O)C(=O)N(Cc3c(C)ccc4ccccc34)c3ccccc32)cc(OC)c1OC. The van der Waals surface area contributed by atoms with Crippen LogP contribution < -0.4 is 29.7 Å². The Balaban J connectivity index is 1.68. The molecule has 2 atom stereocenters. The second kappa shape index (κ2) is 12.1. The first-order valence-corrected chi connectivity index (χ1v) is 14.0. The van der Waals surface area contributed by atoms with Crippen LogP contribution in [0.2, 0.25) is 0 Å². The molecular formula is C34H35N3O6. The Hall–Kier alpha value is -5.05. The quantitative estimate of drug-likeness (QED) is 0.310. The highest BCUT2D eigenvalue weighted by atomic mass is 16.5. The summed E-state index contributed by atoms with van der Waals surface area (Å²) in [5.74, 6) is -2.05. The Kier molecular flexibility index (Phi) is 8.25. The van der Waals surface area contributed by atoms with Gasteiger partial charge in [0.1, 0.15) is 0 Å². The van der Waals surface area contributed by atoms with Gasteiger partial charge in [0, 0.05) is 18.0 Å². The Labute approximate surface area is 250 Å². The van der Waals surface area contributed by atoms with Crippen molar-refractivity contribution in [3.8, 4) is 17.2 Å². The van der Waals surface area contributed by atoms with Crippen molar-refractivity contribution in [3.05, 3.63) is 89.5 Å². The Bertz CT molecular complexity index is 1690. The van der Waals surface area contributed by atoms with Crippen LogP contribution in [0.3, 0.4) is 0 Å². The zero-order chi connectivity index (χ0) is 30.8. The second-order valence-electron chi connectivity index (χ2n) is 10.6. The van der Waals surface area contributed by atoms with Crippen LogP contribution in [0.15, 0.2) is 72.8 Å². The molecule has 222 valence electrons. The molecule has 0 saturated heterocycles. The van der Waals surface area contributed by atoms with Gasteiger partial charge in [-0.3, -0.25) is 14.4 Å². The van der Waals surface area contributed by atoms with Crippen molar-refractivity contribution in [1.29, 1.82) is 0 Å². The molecule has 4 aromatic rings. The van der Waals surface area contributed by atoms with E-state index in [2.05, 4.69) is 6.07 Å². The molecule has 0 spiro atoms. The summed E-state index contributed by atoms with van der Waals surface area (Å²) in [6.45, 7) is 3.84. The molecule has 9 nitrogen and oxygen atoms in total. The Morgan fingerprint density at radius 2 is 1.53 bits per heavy atom. The van der Waals surface area contributed by atoms with Gasteiger partial charge in [0.15, 0.2) is 11.5 Å². The number of rotatable bonds is 8. The van der Waals surface area contributed by atoms with Gasteiger partial charge >= 0.3 is 0 Å². The average Bonchev–Trinajstić information content (AvgIpc) is 3.14. The van der Waals surface area contributed by atoms with E-state index in [1.54, 1.807) is 30.0 Å². The van der Waals surface area contributed by atoms with E-state index in [1.165, 1.54) is 26.2 Å². The van der Waals surface area contributed by atoms with E-state index in [9.17, 15) is 14.4 Å². The van der Waals surface area contributed by atoms with Crippen molar-refractivity contribution in [3.63, 3.8) is 0 Å². The number of primary amides is 1. The zero-order valence-corrected chi connectivity index (χ0v) is 24.9. The summed E-state index contributed by atoms with van der Waals surface area (Å²) in [5.41, 5.74) is 9.12. The maximum atomic E-state index is 14.4. The number of para-hydroxylation sites is 2. The minimum Gasteiger partial charge on any atom is -0.493 e. The number of aryl methyl sites for hydroxylation is 1. The lowest BCUT2D eigenvalue weighted by molar-refractivity contribution is -0.130. The minimum absolute atomic E-state index is 0.0551. The third-order valence-electron chi connectivity index (χ3n) is 8.23. The van der Waals surface area contributed by atoms with Crippen LogP contribution in [0.4, 0.5) is 11.4 Å². The predicted molar refractivity (Wildman–Crippen MR) is 166 cm³/mol. The molecule has 2 N–H and O–H groups in total. The monoisotopic (exact) mass is 581 g/mol. The average molecular weight is 582 g/mol. The molecule has 9 heteroatoms. The van der Waals surface area contributed by atoms with E-state index in [0.717, 1.165) is 21.9 Å². The van der Waals surface area contributed by atoms with E-state index >= 15 is 0 Å². The number of hydrogen-bond acceptors (Lipinski definition) is 6. The van der Waals surface area contributed by atoms with E-state index in [0.29, 0.717) is 28.6 Å². The molecule has 1 aliphatic heterocycles. The summed E-state index contributed by atoms with van der Waals surface area (Å²) in [5, 5.41) is 2.08. The number of fused-ring (bicyclic) bond motifs is 2. The van der Waals surface area contributed by atoms with Crippen LogP contribution in [0, 0.1) is 18.8 Å². The highest BCUT2D eigenvalue weighted by Gasteiger charge is 2.41. The number of benzene rings is 4. The third kappa shape index (κ3) is 5.34. The van der Waals surface area contributed by atoms with Crippen LogP contribution in [0.1, 0.15) is 28.4 Å². The van der Waals surface area contributed by atoms with Gasteiger partial charge in [-0.15, -0.1) is 0 Å². The topological polar surface area (TPSA) is 111 Å². The third-order valence-corrected chi connectivity index (χ3v) is 8.23. The second-order valence-corrected chi connectivity index (χ2v) is 10.6. The molecule has 1 heterocycles. The summed E-state index contributed by atoms with van der Waals surface area (Å²) < 4.78 is 16.4. The molecule has 3 amide bonds. The highest BCUT2D eigenvalue weighted by molar-refractivity contribution is 6.12. The largest absolute Gasteiger partial charge is 0.493 e. The number of carbonyl (C=O) groups excluding carboxylic acids is 3. The van der Waals surface area contributed by atoms with Crippen molar-refractivity contribution < 1.29 is 28.6 Å². The van der Waals surface area contributed by atoms with Crippen molar-refractivity contribution >= 4 is 39.9 Å². The molecule has 0 saturated carbocycles. The molecule has 1 unspecified atom stereocenters. The molecule has 0 aromatic heterocycles. The lowest BCUT2D eigenvalue weighted by Crippen LogP contribution is -2.45. The summed E-state index contributed by atoms with van der Waals surface area (Å²) in [7, 11) is 4.44. The normalized spacial score (nSPS) is 15.5. The van der Waals surface area contributed by atoms with Gasteiger partial charge in [0.25, 0.3) is 5.91 Å². The molecular weight excluding hydrogens is 546 g/mol. The summed E-state index contributed by atoms with van der Waals surface area (Å²) in [6.07, 6.45) is 0. The number of hydrogen-bond donors (Lipinski definition) is 1. The van der Waals surface area contributed by atoms with Gasteiger partial charge in [-0.1, -0.05) is 55.5 Å². The molecule has 1 aliphatic rings. The first-order chi connectivity index (χ1) is 20.7. The number of carbonyl (C=O) groups is 3. The summed E-state index contributed by atoms with van der Waals surface area (Å²) in [4.78, 5) is 44.5. The maximum Gasteiger partial charge on any atom is 0.258 e. The Morgan fingerprint density at radius 1 is 0.907 bits per heavy atom. The fraction of sp³-hybridized carbons (Fsp3) is 0.265. The van der Waals surface area contributed by atoms with Crippen molar-refractivity contribution in [2.45, 2.75) is 20.4 Å². The van der Waals surface area contributed by atoms with Crippen molar-refractivity contribution in [2.24, 2.45) is 17.6 Å². The first kappa shape index (κ1) is 29.4. The molecule has 0 aliphatic carbocycles. The van der Waals surface area contributed by atoms with Gasteiger partial charge in [0.2, 0.25) is 17.6 Å². The molecule has 0 bridgehead atoms. The van der Waals surface area contributed by atoms with Gasteiger partial charge in [-0.05, 0) is 53.1 Å².